The first-order valence-corrected chi connectivity index (χ1v) is 18.4. The second-order valence-electron chi connectivity index (χ2n) is 15.4. The number of hydrogen-bond donors (Lipinski definition) is 1. The van der Waals surface area contributed by atoms with Crippen LogP contribution >= 0.6 is 0 Å². The number of nitrogens with one attached hydrogen (secondary N) is 1. The maximum absolute atomic E-state index is 17.0. The molecule has 10 nitrogen and oxygen atoms in total. The summed E-state index contributed by atoms with van der Waals surface area (Å²) in [7, 11) is 0. The van der Waals surface area contributed by atoms with E-state index in [2.05, 4.69) is 37.6 Å². The molecule has 54 heavy (non-hydrogen) atoms. The number of anilines is 1. The molecule has 2 aromatic heterocycles. The van der Waals surface area contributed by atoms with Gasteiger partial charge in [-0.3, -0.25) is 9.88 Å². The number of ether oxygens (including phenoxy) is 2. The van der Waals surface area contributed by atoms with Gasteiger partial charge in [-0.1, -0.05) is 42.3 Å². The molecule has 7 heterocycles. The molecule has 0 aliphatic carbocycles. The molecule has 5 aliphatic heterocycles. The van der Waals surface area contributed by atoms with Crippen molar-refractivity contribution in [1.29, 1.82) is 0 Å². The predicted octanol–water partition coefficient (Wildman–Crippen LogP) is 6.06. The Bertz CT molecular complexity index is 2240. The number of piperazine rings is 1. The molecular formula is C40H39F4N7O3. The number of likely N-dealkylation sites (tertiary alicyclic amines) is 1. The van der Waals surface area contributed by atoms with Crippen molar-refractivity contribution in [3.63, 3.8) is 0 Å². The first-order chi connectivity index (χ1) is 26.0. The number of amides is 1. The second kappa shape index (κ2) is 13.1. The quantitative estimate of drug-likeness (QED) is 0.138. The molecule has 0 saturated carbocycles. The number of rotatable bonds is 7. The standard InChI is InChI=1S/C40H39F4N7O3/c1-3-28-31(41)10-7-24-5-4-6-29(32(24)28)34-33(42)35-30(16-45-34)36(50-18-25-8-9-26(19-50)46-25)48-37(47-35)54-22-39-12-11-27(51(39)17-23(2)15-39)20-53-38(52)49-14-13-40(43,44)21-49/h1,4-7,10,16,25-27,46H,2,8-9,11-15,17-22H2. The van der Waals surface area contributed by atoms with Crippen LogP contribution in [0.15, 0.2) is 48.7 Å². The first kappa shape index (κ1) is 34.7. The number of alkyl halides is 2. The lowest BCUT2D eigenvalue weighted by atomic mass is 9.94. The number of aromatic nitrogens is 3. The van der Waals surface area contributed by atoms with Gasteiger partial charge < -0.3 is 24.6 Å². The number of halogens is 4. The van der Waals surface area contributed by atoms with Crippen LogP contribution in [0.4, 0.5) is 28.2 Å². The smallest absolute Gasteiger partial charge is 0.410 e. The monoisotopic (exact) mass is 741 g/mol. The van der Waals surface area contributed by atoms with Gasteiger partial charge in [0.1, 0.15) is 36.1 Å². The van der Waals surface area contributed by atoms with Crippen molar-refractivity contribution < 1.29 is 31.8 Å². The fourth-order valence-electron chi connectivity index (χ4n) is 9.28. The van der Waals surface area contributed by atoms with Gasteiger partial charge in [0, 0.05) is 67.9 Å². The maximum atomic E-state index is 17.0. The molecule has 4 atom stereocenters. The van der Waals surface area contributed by atoms with E-state index in [0.29, 0.717) is 66.4 Å². The van der Waals surface area contributed by atoms with Crippen LogP contribution in [-0.2, 0) is 4.74 Å². The lowest BCUT2D eigenvalue weighted by Gasteiger charge is -2.35. The van der Waals surface area contributed by atoms with E-state index in [0.717, 1.165) is 23.3 Å². The largest absolute Gasteiger partial charge is 0.461 e. The first-order valence-electron chi connectivity index (χ1n) is 18.4. The van der Waals surface area contributed by atoms with Gasteiger partial charge in [0.05, 0.1) is 23.0 Å². The van der Waals surface area contributed by atoms with Gasteiger partial charge in [-0.15, -0.1) is 6.42 Å². The Balaban J connectivity index is 1.04. The van der Waals surface area contributed by atoms with Gasteiger partial charge in [0.15, 0.2) is 5.82 Å². The third-order valence-electron chi connectivity index (χ3n) is 11.8. The fraction of sp³-hybridized carbons (Fsp3) is 0.450. The third kappa shape index (κ3) is 5.98. The minimum atomic E-state index is -2.90. The van der Waals surface area contributed by atoms with Crippen LogP contribution in [-0.4, -0.2) is 106 Å². The van der Waals surface area contributed by atoms with Crippen LogP contribution < -0.4 is 15.0 Å². The molecule has 5 aliphatic rings. The van der Waals surface area contributed by atoms with E-state index in [1.54, 1.807) is 30.5 Å². The number of carbonyl (C=O) groups excluding carboxylic acids is 1. The minimum Gasteiger partial charge on any atom is -0.461 e. The van der Waals surface area contributed by atoms with E-state index in [1.807, 2.05) is 0 Å². The maximum Gasteiger partial charge on any atom is 0.410 e. The molecule has 1 amide bonds. The normalized spacial score (nSPS) is 26.1. The van der Waals surface area contributed by atoms with Crippen LogP contribution in [0.3, 0.4) is 0 Å². The summed E-state index contributed by atoms with van der Waals surface area (Å²) >= 11 is 0. The molecular weight excluding hydrogens is 702 g/mol. The van der Waals surface area contributed by atoms with E-state index in [9.17, 15) is 18.0 Å². The van der Waals surface area contributed by atoms with Crippen LogP contribution in [0.5, 0.6) is 6.01 Å². The Labute approximate surface area is 309 Å². The number of nitrogens with zero attached hydrogens (tertiary/aromatic N) is 6. The molecule has 5 saturated heterocycles. The molecule has 0 spiro atoms. The van der Waals surface area contributed by atoms with Crippen molar-refractivity contribution in [3.8, 4) is 29.6 Å². The zero-order chi connectivity index (χ0) is 37.4. The van der Waals surface area contributed by atoms with Crippen LogP contribution in [0.1, 0.15) is 44.1 Å². The number of benzene rings is 2. The SMILES string of the molecule is C#Cc1c(F)ccc2cccc(-c3ncc4c(N5CC6CCC(C5)N6)nc(OCC56CCC(COC(=O)N7CCC(F)(F)C7)N5CC(=C)C6)nc4c3F)c12. The van der Waals surface area contributed by atoms with Gasteiger partial charge in [0.25, 0.3) is 5.92 Å². The van der Waals surface area contributed by atoms with Crippen molar-refractivity contribution in [3.05, 3.63) is 65.9 Å². The summed E-state index contributed by atoms with van der Waals surface area (Å²) in [6, 6.07) is 8.49. The molecule has 5 fully saturated rings. The average Bonchev–Trinajstić information content (AvgIpc) is 3.89. The van der Waals surface area contributed by atoms with Gasteiger partial charge in [-0.05, 0) is 43.6 Å². The summed E-state index contributed by atoms with van der Waals surface area (Å²) in [5.74, 6) is -1.24. The average molecular weight is 742 g/mol. The van der Waals surface area contributed by atoms with Gasteiger partial charge >= 0.3 is 12.1 Å². The molecule has 4 aromatic rings. The molecule has 9 rings (SSSR count). The Morgan fingerprint density at radius 3 is 2.67 bits per heavy atom. The molecule has 14 heteroatoms. The number of terminal acetylenes is 1. The highest BCUT2D eigenvalue weighted by Crippen LogP contribution is 2.45. The van der Waals surface area contributed by atoms with Crippen LogP contribution in [0, 0.1) is 24.0 Å². The molecule has 2 aromatic carbocycles. The van der Waals surface area contributed by atoms with E-state index < -0.39 is 35.7 Å². The zero-order valence-electron chi connectivity index (χ0n) is 29.6. The van der Waals surface area contributed by atoms with Crippen molar-refractivity contribution in [2.24, 2.45) is 0 Å². The van der Waals surface area contributed by atoms with Crippen molar-refractivity contribution in [2.75, 3.05) is 50.8 Å². The number of pyridine rings is 1. The molecule has 1 N–H and O–H groups in total. The fourth-order valence-corrected chi connectivity index (χ4v) is 9.28. The Kier molecular flexibility index (Phi) is 8.42. The molecule has 2 bridgehead atoms. The summed E-state index contributed by atoms with van der Waals surface area (Å²) < 4.78 is 71.3. The summed E-state index contributed by atoms with van der Waals surface area (Å²) in [5, 5.41) is 5.09. The van der Waals surface area contributed by atoms with Crippen molar-refractivity contribution in [1.82, 2.24) is 30.1 Å². The van der Waals surface area contributed by atoms with Gasteiger partial charge in [0.2, 0.25) is 0 Å². The molecule has 0 radical (unpaired) electrons. The number of carbonyl (C=O) groups is 1. The lowest BCUT2D eigenvalue weighted by Crippen LogP contribution is -2.51. The molecule has 4 unspecified atom stereocenters. The summed E-state index contributed by atoms with van der Waals surface area (Å²) in [6.45, 7) is 5.69. The number of hydrogen-bond acceptors (Lipinski definition) is 9. The summed E-state index contributed by atoms with van der Waals surface area (Å²) in [4.78, 5) is 32.1. The lowest BCUT2D eigenvalue weighted by molar-refractivity contribution is 0.00767. The van der Waals surface area contributed by atoms with E-state index in [1.165, 1.54) is 6.07 Å². The van der Waals surface area contributed by atoms with Crippen LogP contribution in [0.2, 0.25) is 0 Å². The highest BCUT2D eigenvalue weighted by atomic mass is 19.3. The number of fused-ring (bicyclic) bond motifs is 5. The summed E-state index contributed by atoms with van der Waals surface area (Å²) in [5.41, 5.74) is 0.867. The highest BCUT2D eigenvalue weighted by Gasteiger charge is 2.52. The van der Waals surface area contributed by atoms with Crippen LogP contribution in [0.25, 0.3) is 32.9 Å². The Hall–Kier alpha value is -5.00. The van der Waals surface area contributed by atoms with E-state index in [-0.39, 0.29) is 67.1 Å². The highest BCUT2D eigenvalue weighted by molar-refractivity contribution is 6.02. The second-order valence-corrected chi connectivity index (χ2v) is 15.4. The summed E-state index contributed by atoms with van der Waals surface area (Å²) in [6.07, 6.45) is 10.3. The Morgan fingerprint density at radius 1 is 1.09 bits per heavy atom. The van der Waals surface area contributed by atoms with E-state index in [4.69, 9.17) is 20.9 Å². The zero-order valence-corrected chi connectivity index (χ0v) is 29.6. The van der Waals surface area contributed by atoms with E-state index >= 15 is 4.39 Å². The Morgan fingerprint density at radius 2 is 1.91 bits per heavy atom. The van der Waals surface area contributed by atoms with Crippen molar-refractivity contribution >= 4 is 33.6 Å². The van der Waals surface area contributed by atoms with Crippen molar-refractivity contribution in [2.45, 2.75) is 68.1 Å². The minimum absolute atomic E-state index is 0.00406. The topological polar surface area (TPSA) is 96.0 Å². The van der Waals surface area contributed by atoms with Gasteiger partial charge in [-0.2, -0.15) is 9.97 Å². The molecule has 280 valence electrons. The predicted molar refractivity (Wildman–Crippen MR) is 194 cm³/mol. The third-order valence-corrected chi connectivity index (χ3v) is 11.8. The van der Waals surface area contributed by atoms with Gasteiger partial charge in [-0.25, -0.2) is 22.4 Å².